The van der Waals surface area contributed by atoms with Crippen LogP contribution < -0.4 is 5.73 Å². The normalized spacial score (nSPS) is 13.3. The molecule has 0 spiro atoms. The summed E-state index contributed by atoms with van der Waals surface area (Å²) in [5.74, 6) is 1.10. The molecule has 0 heterocycles. The number of nitrogens with two attached hydrogens (primary N) is 1. The van der Waals surface area contributed by atoms with E-state index < -0.39 is 0 Å². The highest BCUT2D eigenvalue weighted by Gasteiger charge is 2.18. The van der Waals surface area contributed by atoms with Crippen LogP contribution in [0, 0.1) is 26.7 Å². The maximum atomic E-state index is 5.88. The molecule has 0 amide bonds. The second-order valence-corrected chi connectivity index (χ2v) is 4.90. The predicted molar refractivity (Wildman–Crippen MR) is 67.3 cm³/mol. The van der Waals surface area contributed by atoms with Gasteiger partial charge in [-0.15, -0.1) is 0 Å². The van der Waals surface area contributed by atoms with E-state index in [9.17, 15) is 0 Å². The minimum absolute atomic E-state index is 0.491. The summed E-state index contributed by atoms with van der Waals surface area (Å²) in [6.07, 6.45) is 0. The molecular formula is C14H23N. The lowest BCUT2D eigenvalue weighted by Crippen LogP contribution is -2.20. The Morgan fingerprint density at radius 2 is 1.53 bits per heavy atom. The first-order valence-electron chi connectivity index (χ1n) is 5.75. The van der Waals surface area contributed by atoms with Crippen molar-refractivity contribution in [1.82, 2.24) is 0 Å². The smallest absolute Gasteiger partial charge is 0.000557 e. The number of benzene rings is 1. The van der Waals surface area contributed by atoms with Crippen molar-refractivity contribution in [2.24, 2.45) is 11.7 Å². The lowest BCUT2D eigenvalue weighted by atomic mass is 9.83. The minimum Gasteiger partial charge on any atom is -0.330 e. The molecule has 0 aliphatic heterocycles. The molecule has 0 aliphatic carbocycles. The van der Waals surface area contributed by atoms with E-state index in [1.54, 1.807) is 0 Å². The summed E-state index contributed by atoms with van der Waals surface area (Å²) in [5, 5.41) is 0. The maximum Gasteiger partial charge on any atom is -0.000557 e. The zero-order valence-electron chi connectivity index (χ0n) is 10.6. The van der Waals surface area contributed by atoms with Crippen molar-refractivity contribution in [3.05, 3.63) is 34.4 Å². The molecule has 1 unspecified atom stereocenters. The third-order valence-corrected chi connectivity index (χ3v) is 3.17. The van der Waals surface area contributed by atoms with E-state index in [1.807, 2.05) is 0 Å². The molecule has 84 valence electrons. The van der Waals surface area contributed by atoms with Crippen LogP contribution in [0.4, 0.5) is 0 Å². The lowest BCUT2D eigenvalue weighted by molar-refractivity contribution is 0.502. The number of aryl methyl sites for hydroxylation is 3. The molecule has 2 N–H and O–H groups in total. The fraction of sp³-hybridized carbons (Fsp3) is 0.571. The fourth-order valence-electron chi connectivity index (χ4n) is 2.50. The summed E-state index contributed by atoms with van der Waals surface area (Å²) < 4.78 is 0. The third kappa shape index (κ3) is 2.60. The first-order chi connectivity index (χ1) is 6.97. The molecule has 1 aromatic rings. The Morgan fingerprint density at radius 3 is 1.87 bits per heavy atom. The fourth-order valence-corrected chi connectivity index (χ4v) is 2.50. The van der Waals surface area contributed by atoms with Gasteiger partial charge in [0.2, 0.25) is 0 Å². The van der Waals surface area contributed by atoms with Crippen molar-refractivity contribution in [2.45, 2.75) is 40.5 Å². The highest BCUT2D eigenvalue weighted by atomic mass is 14.6. The van der Waals surface area contributed by atoms with Crippen LogP contribution in [-0.2, 0) is 0 Å². The zero-order chi connectivity index (χ0) is 11.6. The lowest BCUT2D eigenvalue weighted by Gasteiger charge is -2.24. The van der Waals surface area contributed by atoms with E-state index in [-0.39, 0.29) is 0 Å². The standard InChI is InChI=1S/C14H23N/c1-9(2)13(8-15)14-11(4)6-10(3)7-12(14)5/h6-7,9,13H,8,15H2,1-5H3. The van der Waals surface area contributed by atoms with Gasteiger partial charge >= 0.3 is 0 Å². The topological polar surface area (TPSA) is 26.0 Å². The van der Waals surface area contributed by atoms with Crippen LogP contribution in [0.3, 0.4) is 0 Å². The van der Waals surface area contributed by atoms with Crippen molar-refractivity contribution >= 4 is 0 Å². The molecule has 0 saturated heterocycles. The number of hydrogen-bond donors (Lipinski definition) is 1. The summed E-state index contributed by atoms with van der Waals surface area (Å²) in [5.41, 5.74) is 11.5. The van der Waals surface area contributed by atoms with Gasteiger partial charge in [-0.2, -0.15) is 0 Å². The van der Waals surface area contributed by atoms with Gasteiger partial charge in [0.15, 0.2) is 0 Å². The molecule has 1 rings (SSSR count). The Labute approximate surface area is 93.7 Å². The van der Waals surface area contributed by atoms with Gasteiger partial charge in [0, 0.05) is 0 Å². The summed E-state index contributed by atoms with van der Waals surface area (Å²) in [6, 6.07) is 4.51. The molecular weight excluding hydrogens is 182 g/mol. The van der Waals surface area contributed by atoms with E-state index in [4.69, 9.17) is 5.73 Å². The predicted octanol–water partition coefficient (Wildman–Crippen LogP) is 3.31. The Morgan fingerprint density at radius 1 is 1.07 bits per heavy atom. The van der Waals surface area contributed by atoms with Crippen LogP contribution in [0.15, 0.2) is 12.1 Å². The van der Waals surface area contributed by atoms with Gasteiger partial charge in [0.25, 0.3) is 0 Å². The van der Waals surface area contributed by atoms with Crippen LogP contribution in [-0.4, -0.2) is 6.54 Å². The largest absolute Gasteiger partial charge is 0.330 e. The van der Waals surface area contributed by atoms with E-state index >= 15 is 0 Å². The van der Waals surface area contributed by atoms with Crippen LogP contribution in [0.5, 0.6) is 0 Å². The molecule has 1 heteroatoms. The van der Waals surface area contributed by atoms with Gasteiger partial charge in [-0.05, 0) is 55.8 Å². The van der Waals surface area contributed by atoms with Gasteiger partial charge in [0.05, 0.1) is 0 Å². The molecule has 0 fully saturated rings. The SMILES string of the molecule is Cc1cc(C)c(C(CN)C(C)C)c(C)c1. The Balaban J connectivity index is 3.23. The summed E-state index contributed by atoms with van der Waals surface area (Å²) in [4.78, 5) is 0. The Kier molecular flexibility index (Phi) is 3.92. The first-order valence-corrected chi connectivity index (χ1v) is 5.75. The number of rotatable bonds is 3. The molecule has 15 heavy (non-hydrogen) atoms. The summed E-state index contributed by atoms with van der Waals surface area (Å²) in [6.45, 7) is 11.8. The van der Waals surface area contributed by atoms with E-state index in [2.05, 4.69) is 46.8 Å². The zero-order valence-corrected chi connectivity index (χ0v) is 10.6. The van der Waals surface area contributed by atoms with E-state index in [0.717, 1.165) is 6.54 Å². The third-order valence-electron chi connectivity index (χ3n) is 3.17. The summed E-state index contributed by atoms with van der Waals surface area (Å²) >= 11 is 0. The highest BCUT2D eigenvalue weighted by Crippen LogP contribution is 2.29. The average molecular weight is 205 g/mol. The van der Waals surface area contributed by atoms with Gasteiger partial charge in [-0.25, -0.2) is 0 Å². The quantitative estimate of drug-likeness (QED) is 0.805. The highest BCUT2D eigenvalue weighted by molar-refractivity contribution is 5.40. The van der Waals surface area contributed by atoms with Gasteiger partial charge in [-0.1, -0.05) is 31.5 Å². The van der Waals surface area contributed by atoms with Crippen LogP contribution in [0.2, 0.25) is 0 Å². The minimum atomic E-state index is 0.491. The Hall–Kier alpha value is -0.820. The Bertz CT molecular complexity index is 316. The average Bonchev–Trinajstić information content (AvgIpc) is 2.09. The van der Waals surface area contributed by atoms with Crippen molar-refractivity contribution in [3.8, 4) is 0 Å². The van der Waals surface area contributed by atoms with Crippen molar-refractivity contribution in [2.75, 3.05) is 6.54 Å². The second-order valence-electron chi connectivity index (χ2n) is 4.90. The van der Waals surface area contributed by atoms with Crippen LogP contribution >= 0.6 is 0 Å². The molecule has 0 aliphatic rings. The van der Waals surface area contributed by atoms with Gasteiger partial charge < -0.3 is 5.73 Å². The van der Waals surface area contributed by atoms with Crippen molar-refractivity contribution < 1.29 is 0 Å². The summed E-state index contributed by atoms with van der Waals surface area (Å²) in [7, 11) is 0. The molecule has 1 aromatic carbocycles. The van der Waals surface area contributed by atoms with Gasteiger partial charge in [0.1, 0.15) is 0 Å². The maximum absolute atomic E-state index is 5.88. The van der Waals surface area contributed by atoms with Crippen LogP contribution in [0.25, 0.3) is 0 Å². The molecule has 0 aromatic heterocycles. The van der Waals surface area contributed by atoms with Crippen molar-refractivity contribution in [1.29, 1.82) is 0 Å². The molecule has 1 nitrogen and oxygen atoms in total. The monoisotopic (exact) mass is 205 g/mol. The molecule has 0 radical (unpaired) electrons. The molecule has 0 bridgehead atoms. The van der Waals surface area contributed by atoms with E-state index in [1.165, 1.54) is 22.3 Å². The number of hydrogen-bond acceptors (Lipinski definition) is 1. The first kappa shape index (κ1) is 12.3. The molecule has 0 saturated carbocycles. The van der Waals surface area contributed by atoms with Gasteiger partial charge in [-0.3, -0.25) is 0 Å². The molecule has 1 atom stereocenters. The van der Waals surface area contributed by atoms with Crippen LogP contribution in [0.1, 0.15) is 42.0 Å². The second kappa shape index (κ2) is 4.80. The van der Waals surface area contributed by atoms with E-state index in [0.29, 0.717) is 11.8 Å². The van der Waals surface area contributed by atoms with Crippen molar-refractivity contribution in [3.63, 3.8) is 0 Å².